The zero-order chi connectivity index (χ0) is 14.0. The van der Waals surface area contributed by atoms with E-state index in [1.807, 2.05) is 0 Å². The summed E-state index contributed by atoms with van der Waals surface area (Å²) in [5.74, 6) is 0.383. The normalized spacial score (nSPS) is 14.5. The molecule has 0 saturated carbocycles. The third-order valence-corrected chi connectivity index (χ3v) is 3.96. The van der Waals surface area contributed by atoms with Gasteiger partial charge in [-0.25, -0.2) is 8.42 Å². The minimum atomic E-state index is -3.35. The molecule has 6 nitrogen and oxygen atoms in total. The molecule has 1 heterocycles. The first kappa shape index (κ1) is 13.7. The van der Waals surface area contributed by atoms with Crippen LogP contribution in [0.4, 0.5) is 11.4 Å². The molecule has 0 fully saturated rings. The number of nitrogens with zero attached hydrogens (tertiary/aromatic N) is 1. The lowest BCUT2D eigenvalue weighted by Gasteiger charge is -2.29. The average molecular weight is 284 g/mol. The molecule has 1 aromatic carbocycles. The van der Waals surface area contributed by atoms with Crippen molar-refractivity contribution in [2.75, 3.05) is 29.0 Å². The fraction of sp³-hybridized carbons (Fsp3) is 0.417. The predicted octanol–water partition coefficient (Wildman–Crippen LogP) is 1.19. The summed E-state index contributed by atoms with van der Waals surface area (Å²) in [7, 11) is -3.35. The number of benzene rings is 1. The molecule has 1 aliphatic rings. The Morgan fingerprint density at radius 1 is 1.47 bits per heavy atom. The molecule has 2 rings (SSSR count). The maximum atomic E-state index is 11.7. The Bertz CT molecular complexity index is 598. The van der Waals surface area contributed by atoms with Crippen molar-refractivity contribution >= 4 is 27.3 Å². The monoisotopic (exact) mass is 284 g/mol. The van der Waals surface area contributed by atoms with Gasteiger partial charge in [0.05, 0.1) is 18.5 Å². The topological polar surface area (TPSA) is 75.7 Å². The van der Waals surface area contributed by atoms with E-state index >= 15 is 0 Å². The minimum Gasteiger partial charge on any atom is -0.489 e. The maximum Gasteiger partial charge on any atom is 0.232 e. The van der Waals surface area contributed by atoms with Crippen molar-refractivity contribution in [3.8, 4) is 5.75 Å². The summed E-state index contributed by atoms with van der Waals surface area (Å²) in [6.45, 7) is 2.34. The molecule has 19 heavy (non-hydrogen) atoms. The van der Waals surface area contributed by atoms with E-state index in [1.165, 1.54) is 4.31 Å². The Morgan fingerprint density at radius 3 is 2.84 bits per heavy atom. The second kappa shape index (κ2) is 5.08. The Kier molecular flexibility index (Phi) is 3.66. The van der Waals surface area contributed by atoms with Crippen LogP contribution in [0.25, 0.3) is 0 Å². The Balaban J connectivity index is 2.38. The largest absolute Gasteiger partial charge is 0.489 e. The summed E-state index contributed by atoms with van der Waals surface area (Å²) in [5.41, 5.74) is 1.02. The van der Waals surface area contributed by atoms with E-state index in [0.717, 1.165) is 6.26 Å². The van der Waals surface area contributed by atoms with Gasteiger partial charge in [-0.3, -0.25) is 9.10 Å². The van der Waals surface area contributed by atoms with Crippen molar-refractivity contribution in [3.05, 3.63) is 18.2 Å². The highest BCUT2D eigenvalue weighted by Gasteiger charge is 2.25. The number of carbonyl (C=O) groups excluding carboxylic acids is 1. The molecule has 0 radical (unpaired) electrons. The molecule has 0 unspecified atom stereocenters. The Morgan fingerprint density at radius 2 is 2.21 bits per heavy atom. The van der Waals surface area contributed by atoms with Crippen molar-refractivity contribution in [1.29, 1.82) is 0 Å². The zero-order valence-electron chi connectivity index (χ0n) is 10.8. The van der Waals surface area contributed by atoms with E-state index in [4.69, 9.17) is 4.74 Å². The van der Waals surface area contributed by atoms with Crippen LogP contribution in [0.3, 0.4) is 0 Å². The number of anilines is 2. The average Bonchev–Trinajstić information content (AvgIpc) is 2.36. The number of sulfonamides is 1. The highest BCUT2D eigenvalue weighted by atomic mass is 32.2. The quantitative estimate of drug-likeness (QED) is 0.904. The van der Waals surface area contributed by atoms with Gasteiger partial charge in [0.1, 0.15) is 12.4 Å². The van der Waals surface area contributed by atoms with Crippen LogP contribution in [0.15, 0.2) is 18.2 Å². The van der Waals surface area contributed by atoms with Gasteiger partial charge in [-0.2, -0.15) is 0 Å². The number of hydrogen-bond acceptors (Lipinski definition) is 4. The van der Waals surface area contributed by atoms with E-state index in [1.54, 1.807) is 25.1 Å². The molecule has 0 bridgehead atoms. The molecule has 1 aliphatic heterocycles. The first-order valence-corrected chi connectivity index (χ1v) is 7.81. The number of carbonyl (C=O) groups is 1. The molecule has 0 spiro atoms. The van der Waals surface area contributed by atoms with Crippen molar-refractivity contribution in [3.63, 3.8) is 0 Å². The van der Waals surface area contributed by atoms with Gasteiger partial charge in [-0.05, 0) is 18.2 Å². The molecule has 1 amide bonds. The van der Waals surface area contributed by atoms with E-state index < -0.39 is 10.0 Å². The number of fused-ring (bicyclic) bond motifs is 1. The van der Waals surface area contributed by atoms with Gasteiger partial charge in [0.2, 0.25) is 15.9 Å². The zero-order valence-corrected chi connectivity index (χ0v) is 11.7. The summed E-state index contributed by atoms with van der Waals surface area (Å²) in [5, 5.41) is 2.70. The minimum absolute atomic E-state index is 0.123. The van der Waals surface area contributed by atoms with E-state index in [2.05, 4.69) is 5.32 Å². The van der Waals surface area contributed by atoms with Crippen LogP contribution >= 0.6 is 0 Å². The van der Waals surface area contributed by atoms with Crippen LogP contribution < -0.4 is 14.4 Å². The first-order chi connectivity index (χ1) is 8.91. The van der Waals surface area contributed by atoms with Gasteiger partial charge in [0, 0.05) is 12.1 Å². The molecular weight excluding hydrogens is 268 g/mol. The Labute approximate surface area is 112 Å². The van der Waals surface area contributed by atoms with Gasteiger partial charge in [-0.1, -0.05) is 6.92 Å². The molecule has 0 aromatic heterocycles. The van der Waals surface area contributed by atoms with Gasteiger partial charge >= 0.3 is 0 Å². The molecule has 1 aromatic rings. The number of nitrogens with one attached hydrogen (secondary N) is 1. The van der Waals surface area contributed by atoms with Gasteiger partial charge in [0.25, 0.3) is 0 Å². The third-order valence-electron chi connectivity index (χ3n) is 2.78. The predicted molar refractivity (Wildman–Crippen MR) is 73.0 cm³/mol. The van der Waals surface area contributed by atoms with E-state index in [-0.39, 0.29) is 12.5 Å². The molecular formula is C12H16N2O4S. The number of amides is 1. The van der Waals surface area contributed by atoms with Crippen LogP contribution in [0.5, 0.6) is 5.75 Å². The molecule has 1 N–H and O–H groups in total. The van der Waals surface area contributed by atoms with Crippen LogP contribution in [-0.2, 0) is 14.8 Å². The molecule has 0 aliphatic carbocycles. The summed E-state index contributed by atoms with van der Waals surface area (Å²) >= 11 is 0. The van der Waals surface area contributed by atoms with E-state index in [9.17, 15) is 13.2 Å². The fourth-order valence-corrected chi connectivity index (χ4v) is 2.77. The van der Waals surface area contributed by atoms with Crippen LogP contribution in [0, 0.1) is 0 Å². The lowest BCUT2D eigenvalue weighted by atomic mass is 10.2. The summed E-state index contributed by atoms with van der Waals surface area (Å²) in [4.78, 5) is 11.4. The summed E-state index contributed by atoms with van der Waals surface area (Å²) in [6.07, 6.45) is 1.52. The SMILES string of the molecule is CCC(=O)Nc1ccc2c(c1)N(S(C)(=O)=O)CCO2. The maximum absolute atomic E-state index is 11.7. The standard InChI is InChI=1S/C12H16N2O4S/c1-3-12(15)13-9-4-5-11-10(8-9)14(6-7-18-11)19(2,16)17/h4-5,8H,3,6-7H2,1-2H3,(H,13,15). The van der Waals surface area contributed by atoms with Crippen LogP contribution in [0.2, 0.25) is 0 Å². The van der Waals surface area contributed by atoms with Gasteiger partial charge < -0.3 is 10.1 Å². The summed E-state index contributed by atoms with van der Waals surface area (Å²) in [6, 6.07) is 4.97. The lowest BCUT2D eigenvalue weighted by molar-refractivity contribution is -0.115. The van der Waals surface area contributed by atoms with Gasteiger partial charge in [0.15, 0.2) is 0 Å². The van der Waals surface area contributed by atoms with Crippen LogP contribution in [-0.4, -0.2) is 33.7 Å². The van der Waals surface area contributed by atoms with Crippen molar-refractivity contribution in [2.45, 2.75) is 13.3 Å². The highest BCUT2D eigenvalue weighted by Crippen LogP contribution is 2.35. The molecule has 0 atom stereocenters. The molecule has 7 heteroatoms. The smallest absolute Gasteiger partial charge is 0.232 e. The first-order valence-electron chi connectivity index (χ1n) is 5.96. The molecule has 104 valence electrons. The molecule has 0 saturated heterocycles. The fourth-order valence-electron chi connectivity index (χ4n) is 1.86. The third kappa shape index (κ3) is 2.98. The number of ether oxygens (including phenoxy) is 1. The second-order valence-electron chi connectivity index (χ2n) is 4.27. The van der Waals surface area contributed by atoms with Crippen molar-refractivity contribution in [2.24, 2.45) is 0 Å². The Hall–Kier alpha value is -1.76. The van der Waals surface area contributed by atoms with Gasteiger partial charge in [-0.15, -0.1) is 0 Å². The second-order valence-corrected chi connectivity index (χ2v) is 6.17. The van der Waals surface area contributed by atoms with E-state index in [0.29, 0.717) is 30.2 Å². The van der Waals surface area contributed by atoms with Crippen molar-refractivity contribution < 1.29 is 17.9 Å². The highest BCUT2D eigenvalue weighted by molar-refractivity contribution is 7.92. The lowest BCUT2D eigenvalue weighted by Crippen LogP contribution is -2.37. The van der Waals surface area contributed by atoms with Crippen molar-refractivity contribution in [1.82, 2.24) is 0 Å². The summed E-state index contributed by atoms with van der Waals surface area (Å²) < 4.78 is 30.1. The van der Waals surface area contributed by atoms with Crippen LogP contribution in [0.1, 0.15) is 13.3 Å². The number of hydrogen-bond donors (Lipinski definition) is 1. The number of rotatable bonds is 3.